The number of thiazole rings is 1. The number of esters is 1. The molecule has 0 bridgehead atoms. The van der Waals surface area contributed by atoms with Gasteiger partial charge in [0.15, 0.2) is 5.13 Å². The predicted molar refractivity (Wildman–Crippen MR) is 139 cm³/mol. The minimum Gasteiger partial charge on any atom is -0.507 e. The molecule has 1 aromatic heterocycles. The van der Waals surface area contributed by atoms with E-state index in [1.54, 1.807) is 25.1 Å². The number of aliphatic hydroxyl groups is 1. The van der Waals surface area contributed by atoms with Gasteiger partial charge in [0, 0.05) is 12.0 Å². The fourth-order valence-electron chi connectivity index (χ4n) is 4.59. The van der Waals surface area contributed by atoms with Gasteiger partial charge in [-0.25, -0.2) is 14.2 Å². The molecule has 1 fully saturated rings. The first-order valence-corrected chi connectivity index (χ1v) is 12.6. The van der Waals surface area contributed by atoms with Gasteiger partial charge in [0.2, 0.25) is 0 Å². The fourth-order valence-corrected chi connectivity index (χ4v) is 5.58. The molecule has 0 radical (unpaired) electrons. The molecule has 0 aliphatic carbocycles. The molecule has 1 saturated heterocycles. The lowest BCUT2D eigenvalue weighted by Gasteiger charge is -2.23. The third-order valence-electron chi connectivity index (χ3n) is 6.31. The van der Waals surface area contributed by atoms with Crippen molar-refractivity contribution in [1.82, 2.24) is 4.98 Å². The molecular formula is C28H23FN2O6S. The van der Waals surface area contributed by atoms with Crippen LogP contribution in [0.4, 0.5) is 9.52 Å². The molecule has 3 aromatic rings. The van der Waals surface area contributed by atoms with Gasteiger partial charge in [0.1, 0.15) is 34.9 Å². The van der Waals surface area contributed by atoms with Crippen LogP contribution in [-0.4, -0.2) is 40.5 Å². The van der Waals surface area contributed by atoms with Gasteiger partial charge in [-0.1, -0.05) is 36.1 Å². The minimum absolute atomic E-state index is 0.00377. The molecule has 38 heavy (non-hydrogen) atoms. The number of ketones is 1. The van der Waals surface area contributed by atoms with Gasteiger partial charge < -0.3 is 14.6 Å². The summed E-state index contributed by atoms with van der Waals surface area (Å²) in [7, 11) is 0. The van der Waals surface area contributed by atoms with Crippen molar-refractivity contribution in [3.05, 3.63) is 93.8 Å². The third kappa shape index (κ3) is 4.37. The van der Waals surface area contributed by atoms with E-state index in [0.717, 1.165) is 21.8 Å². The van der Waals surface area contributed by atoms with Gasteiger partial charge in [-0.2, -0.15) is 0 Å². The Labute approximate surface area is 221 Å². The van der Waals surface area contributed by atoms with Gasteiger partial charge in [0.25, 0.3) is 5.78 Å². The average molecular weight is 535 g/mol. The zero-order valence-corrected chi connectivity index (χ0v) is 21.4. The maximum Gasteiger partial charge on any atom is 0.350 e. The summed E-state index contributed by atoms with van der Waals surface area (Å²) >= 11 is 0.887. The van der Waals surface area contributed by atoms with Gasteiger partial charge in [0.05, 0.1) is 17.3 Å². The number of amides is 1. The topological polar surface area (TPSA) is 106 Å². The molecule has 2 atom stereocenters. The molecule has 2 unspecified atom stereocenters. The SMILES string of the molecule is C=CCOC(=O)c1sc(N2C(=O)C(=O)/C(=C(\O)c3ccc4c(c3)CC(C)O4)C2c2ccc(F)cc2)nc1C. The Morgan fingerprint density at radius 1 is 1.29 bits per heavy atom. The Bertz CT molecular complexity index is 1510. The summed E-state index contributed by atoms with van der Waals surface area (Å²) < 4.78 is 24.6. The number of Topliss-reactive ketones (excluding diaryl/α,β-unsaturated/α-hetero) is 1. The van der Waals surface area contributed by atoms with E-state index >= 15 is 0 Å². The number of fused-ring (bicyclic) bond motifs is 1. The second-order valence-corrected chi connectivity index (χ2v) is 9.95. The first-order valence-electron chi connectivity index (χ1n) is 11.8. The van der Waals surface area contributed by atoms with E-state index in [4.69, 9.17) is 9.47 Å². The molecule has 2 aromatic carbocycles. The van der Waals surface area contributed by atoms with Crippen LogP contribution in [0.5, 0.6) is 5.75 Å². The molecule has 2 aliphatic rings. The highest BCUT2D eigenvalue weighted by atomic mass is 32.1. The van der Waals surface area contributed by atoms with Gasteiger partial charge >= 0.3 is 11.9 Å². The van der Waals surface area contributed by atoms with Crippen LogP contribution >= 0.6 is 11.3 Å². The predicted octanol–water partition coefficient (Wildman–Crippen LogP) is 4.88. The number of halogens is 1. The molecule has 3 heterocycles. The molecule has 5 rings (SSSR count). The standard InChI is InChI=1S/C28H23FN2O6S/c1-4-11-36-27(35)25-15(3)30-28(38-25)31-22(16-5-8-19(29)9-6-16)21(24(33)26(31)34)23(32)17-7-10-20-18(13-17)12-14(2)37-20/h4-10,13-14,22,32H,1,11-12H2,2-3H3/b23-21-. The summed E-state index contributed by atoms with van der Waals surface area (Å²) in [5, 5.41) is 11.4. The Morgan fingerprint density at radius 3 is 2.74 bits per heavy atom. The summed E-state index contributed by atoms with van der Waals surface area (Å²) in [5.41, 5.74) is 1.74. The molecule has 8 nitrogen and oxygen atoms in total. The number of carbonyl (C=O) groups excluding carboxylic acids is 3. The Kier molecular flexibility index (Phi) is 6.58. The van der Waals surface area contributed by atoms with Crippen molar-refractivity contribution >= 4 is 39.9 Å². The third-order valence-corrected chi connectivity index (χ3v) is 7.45. The zero-order valence-electron chi connectivity index (χ0n) is 20.6. The number of aliphatic hydroxyl groups excluding tert-OH is 1. The number of aromatic nitrogens is 1. The van der Waals surface area contributed by atoms with Gasteiger partial charge in [-0.3, -0.25) is 14.5 Å². The highest BCUT2D eigenvalue weighted by molar-refractivity contribution is 7.17. The number of aryl methyl sites for hydroxylation is 1. The van der Waals surface area contributed by atoms with Crippen LogP contribution in [0.1, 0.15) is 45.0 Å². The maximum absolute atomic E-state index is 13.8. The number of hydrogen-bond acceptors (Lipinski definition) is 8. The minimum atomic E-state index is -1.11. The summed E-state index contributed by atoms with van der Waals surface area (Å²) in [6, 6.07) is 9.22. The summed E-state index contributed by atoms with van der Waals surface area (Å²) in [5.74, 6) is -2.68. The van der Waals surface area contributed by atoms with Crippen molar-refractivity contribution in [1.29, 1.82) is 0 Å². The lowest BCUT2D eigenvalue weighted by atomic mass is 9.94. The Balaban J connectivity index is 1.64. The highest BCUT2D eigenvalue weighted by Crippen LogP contribution is 2.44. The molecule has 1 amide bonds. The van der Waals surface area contributed by atoms with E-state index in [-0.39, 0.29) is 34.1 Å². The summed E-state index contributed by atoms with van der Waals surface area (Å²) in [6.07, 6.45) is 2.04. The van der Waals surface area contributed by atoms with Crippen molar-refractivity contribution in [3.8, 4) is 5.75 Å². The Hall–Kier alpha value is -4.31. The van der Waals surface area contributed by atoms with E-state index in [1.807, 2.05) is 6.92 Å². The van der Waals surface area contributed by atoms with E-state index < -0.39 is 29.5 Å². The van der Waals surface area contributed by atoms with Gasteiger partial charge in [-0.15, -0.1) is 0 Å². The van der Waals surface area contributed by atoms with E-state index in [0.29, 0.717) is 29.0 Å². The molecule has 0 spiro atoms. The first-order chi connectivity index (χ1) is 18.2. The van der Waals surface area contributed by atoms with Crippen LogP contribution < -0.4 is 9.64 Å². The number of ether oxygens (including phenoxy) is 2. The monoisotopic (exact) mass is 534 g/mol. The van der Waals surface area contributed by atoms with Crippen molar-refractivity contribution in [3.63, 3.8) is 0 Å². The Morgan fingerprint density at radius 2 is 2.03 bits per heavy atom. The quantitative estimate of drug-likeness (QED) is 0.158. The fraction of sp³-hybridized carbons (Fsp3) is 0.214. The number of nitrogens with zero attached hydrogens (tertiary/aromatic N) is 2. The number of benzene rings is 2. The number of anilines is 1. The molecule has 0 saturated carbocycles. The van der Waals surface area contributed by atoms with Crippen molar-refractivity contribution in [2.75, 3.05) is 11.5 Å². The van der Waals surface area contributed by atoms with Crippen molar-refractivity contribution < 1.29 is 33.4 Å². The first kappa shape index (κ1) is 25.3. The second-order valence-electron chi connectivity index (χ2n) is 8.97. The molecule has 10 heteroatoms. The van der Waals surface area contributed by atoms with Gasteiger partial charge in [-0.05, 0) is 55.3 Å². The van der Waals surface area contributed by atoms with E-state index in [2.05, 4.69) is 11.6 Å². The number of hydrogen-bond donors (Lipinski definition) is 1. The van der Waals surface area contributed by atoms with Crippen molar-refractivity contribution in [2.24, 2.45) is 0 Å². The number of carbonyl (C=O) groups is 3. The number of rotatable bonds is 6. The smallest absolute Gasteiger partial charge is 0.350 e. The molecule has 194 valence electrons. The zero-order chi connectivity index (χ0) is 27.1. The van der Waals surface area contributed by atoms with Crippen molar-refractivity contribution in [2.45, 2.75) is 32.4 Å². The largest absolute Gasteiger partial charge is 0.507 e. The molecular weight excluding hydrogens is 511 g/mol. The van der Waals surface area contributed by atoms with Crippen LogP contribution in [-0.2, 0) is 20.7 Å². The normalized spacial score (nSPS) is 19.8. The van der Waals surface area contributed by atoms with Crippen LogP contribution in [0.15, 0.2) is 60.7 Å². The highest BCUT2D eigenvalue weighted by Gasteiger charge is 2.48. The lowest BCUT2D eigenvalue weighted by Crippen LogP contribution is -2.29. The summed E-state index contributed by atoms with van der Waals surface area (Å²) in [4.78, 5) is 44.9. The molecule has 1 N–H and O–H groups in total. The lowest BCUT2D eigenvalue weighted by molar-refractivity contribution is -0.132. The molecule has 2 aliphatic heterocycles. The van der Waals surface area contributed by atoms with Crippen LogP contribution in [0, 0.1) is 12.7 Å². The van der Waals surface area contributed by atoms with Crippen LogP contribution in [0.2, 0.25) is 0 Å². The van der Waals surface area contributed by atoms with E-state index in [1.165, 1.54) is 30.3 Å². The summed E-state index contributed by atoms with van der Waals surface area (Å²) in [6.45, 7) is 7.02. The second kappa shape index (κ2) is 9.86. The average Bonchev–Trinajstić information content (AvgIpc) is 3.54. The van der Waals surface area contributed by atoms with E-state index in [9.17, 15) is 23.9 Å². The van der Waals surface area contributed by atoms with Crippen LogP contribution in [0.3, 0.4) is 0 Å². The maximum atomic E-state index is 13.8. The van der Waals surface area contributed by atoms with Crippen LogP contribution in [0.25, 0.3) is 5.76 Å².